The second-order valence-corrected chi connectivity index (χ2v) is 2.43. The minimum Gasteiger partial charge on any atom is -0.394 e. The van der Waals surface area contributed by atoms with Crippen LogP contribution in [0.25, 0.3) is 0 Å². The summed E-state index contributed by atoms with van der Waals surface area (Å²) >= 11 is 0. The molecule has 0 aliphatic rings. The fourth-order valence-corrected chi connectivity index (χ4v) is 0.512. The molecule has 0 amide bonds. The summed E-state index contributed by atoms with van der Waals surface area (Å²) in [5.74, 6) is 0. The van der Waals surface area contributed by atoms with Crippen LogP contribution in [-0.2, 0) is 9.47 Å². The first-order valence-electron chi connectivity index (χ1n) is 3.69. The lowest BCUT2D eigenvalue weighted by molar-refractivity contribution is -0.150. The smallest absolute Gasteiger partial charge is 0.178 e. The molecule has 1 atom stereocenters. The van der Waals surface area contributed by atoms with Gasteiger partial charge in [0.05, 0.1) is 25.9 Å². The molecule has 0 saturated carbocycles. The third-order valence-corrected chi connectivity index (χ3v) is 0.974. The molecule has 1 unspecified atom stereocenters. The lowest BCUT2D eigenvalue weighted by Crippen LogP contribution is -2.22. The molecule has 0 saturated heterocycles. The van der Waals surface area contributed by atoms with E-state index in [0.717, 1.165) is 0 Å². The summed E-state index contributed by atoms with van der Waals surface area (Å²) in [6.07, 6.45) is -0.841. The van der Waals surface area contributed by atoms with E-state index in [1.807, 2.05) is 13.8 Å². The Bertz CT molecular complexity index is 84.5. The molecule has 0 rings (SSSR count). The van der Waals surface area contributed by atoms with Crippen LogP contribution in [0.1, 0.15) is 13.8 Å². The molecular weight excluding hydrogens is 148 g/mol. The number of hydrogen-bond acceptors (Lipinski definition) is 4. The van der Waals surface area contributed by atoms with Crippen LogP contribution < -0.4 is 0 Å². The molecule has 0 spiro atoms. The van der Waals surface area contributed by atoms with Gasteiger partial charge in [-0.3, -0.25) is 0 Å². The maximum atomic E-state index is 8.97. The van der Waals surface area contributed by atoms with Crippen molar-refractivity contribution >= 4 is 0 Å². The lowest BCUT2D eigenvalue weighted by atomic mass is 10.5. The lowest BCUT2D eigenvalue weighted by Gasteiger charge is -2.13. The van der Waals surface area contributed by atoms with Crippen molar-refractivity contribution in [2.75, 3.05) is 19.8 Å². The van der Waals surface area contributed by atoms with Gasteiger partial charge >= 0.3 is 0 Å². The highest BCUT2D eigenvalue weighted by molar-refractivity contribution is 4.41. The van der Waals surface area contributed by atoms with Gasteiger partial charge in [-0.15, -0.1) is 0 Å². The minimum absolute atomic E-state index is 0.0846. The van der Waals surface area contributed by atoms with Crippen molar-refractivity contribution in [3.8, 4) is 0 Å². The van der Waals surface area contributed by atoms with Gasteiger partial charge < -0.3 is 19.7 Å². The molecule has 2 N–H and O–H groups in total. The Morgan fingerprint density at radius 3 is 2.36 bits per heavy atom. The predicted molar refractivity (Wildman–Crippen MR) is 40.1 cm³/mol. The number of hydrogen-bond donors (Lipinski definition) is 2. The summed E-state index contributed by atoms with van der Waals surface area (Å²) in [7, 11) is 0. The molecule has 0 heterocycles. The molecular formula is C7H16O4. The van der Waals surface area contributed by atoms with E-state index in [0.29, 0.717) is 0 Å². The predicted octanol–water partition coefficient (Wildman–Crippen LogP) is -0.261. The van der Waals surface area contributed by atoms with Gasteiger partial charge in [0.25, 0.3) is 0 Å². The third kappa shape index (κ3) is 7.74. The van der Waals surface area contributed by atoms with Crippen LogP contribution in [0.5, 0.6) is 0 Å². The van der Waals surface area contributed by atoms with Gasteiger partial charge in [0, 0.05) is 0 Å². The molecule has 4 heteroatoms. The Balaban J connectivity index is 3.15. The summed E-state index contributed by atoms with van der Waals surface area (Å²) < 4.78 is 9.77. The van der Waals surface area contributed by atoms with Crippen molar-refractivity contribution in [1.82, 2.24) is 0 Å². The highest BCUT2D eigenvalue weighted by Crippen LogP contribution is 1.92. The van der Waals surface area contributed by atoms with E-state index < -0.39 is 6.29 Å². The van der Waals surface area contributed by atoms with E-state index in [2.05, 4.69) is 0 Å². The molecule has 0 fully saturated rings. The first-order chi connectivity index (χ1) is 5.16. The number of rotatable bonds is 6. The molecule has 11 heavy (non-hydrogen) atoms. The summed E-state index contributed by atoms with van der Waals surface area (Å²) in [6, 6.07) is 0. The van der Waals surface area contributed by atoms with Gasteiger partial charge in [0.1, 0.15) is 0 Å². The maximum Gasteiger partial charge on any atom is 0.178 e. The van der Waals surface area contributed by atoms with Crippen molar-refractivity contribution in [2.24, 2.45) is 0 Å². The van der Waals surface area contributed by atoms with Crippen LogP contribution in [0, 0.1) is 0 Å². The topological polar surface area (TPSA) is 58.9 Å². The molecule has 0 aromatic heterocycles. The fraction of sp³-hybridized carbons (Fsp3) is 1.00. The van der Waals surface area contributed by atoms with Crippen LogP contribution in [0.3, 0.4) is 0 Å². The van der Waals surface area contributed by atoms with Crippen molar-refractivity contribution in [1.29, 1.82) is 0 Å². The number of aliphatic hydroxyl groups is 2. The molecule has 0 bridgehead atoms. The van der Waals surface area contributed by atoms with Crippen LogP contribution in [0.2, 0.25) is 0 Å². The molecule has 68 valence electrons. The van der Waals surface area contributed by atoms with Crippen molar-refractivity contribution in [3.05, 3.63) is 0 Å². The first kappa shape index (κ1) is 10.8. The average molecular weight is 164 g/mol. The zero-order chi connectivity index (χ0) is 8.69. The van der Waals surface area contributed by atoms with Crippen LogP contribution in [0.15, 0.2) is 0 Å². The van der Waals surface area contributed by atoms with Crippen molar-refractivity contribution < 1.29 is 19.7 Å². The van der Waals surface area contributed by atoms with Crippen molar-refractivity contribution in [3.63, 3.8) is 0 Å². The highest BCUT2D eigenvalue weighted by Gasteiger charge is 2.04. The van der Waals surface area contributed by atoms with Gasteiger partial charge in [-0.1, -0.05) is 0 Å². The van der Waals surface area contributed by atoms with Crippen LogP contribution in [0.4, 0.5) is 0 Å². The Morgan fingerprint density at radius 2 is 1.91 bits per heavy atom. The van der Waals surface area contributed by atoms with Crippen LogP contribution >= 0.6 is 0 Å². The Hall–Kier alpha value is -0.160. The van der Waals surface area contributed by atoms with E-state index in [1.165, 1.54) is 0 Å². The van der Waals surface area contributed by atoms with Crippen LogP contribution in [-0.4, -0.2) is 42.4 Å². The van der Waals surface area contributed by atoms with E-state index in [-0.39, 0.29) is 25.9 Å². The molecule has 0 aromatic carbocycles. The Morgan fingerprint density at radius 1 is 1.27 bits per heavy atom. The second-order valence-electron chi connectivity index (χ2n) is 2.43. The van der Waals surface area contributed by atoms with Crippen molar-refractivity contribution in [2.45, 2.75) is 26.2 Å². The quantitative estimate of drug-likeness (QED) is 0.531. The molecule has 0 aliphatic carbocycles. The SMILES string of the molecule is CC(C)OCC(O)OCCO. The molecule has 4 nitrogen and oxygen atoms in total. The van der Waals surface area contributed by atoms with E-state index in [9.17, 15) is 0 Å². The second kappa shape index (κ2) is 6.54. The first-order valence-corrected chi connectivity index (χ1v) is 3.69. The summed E-state index contributed by atoms with van der Waals surface area (Å²) in [5, 5.41) is 17.3. The van der Waals surface area contributed by atoms with Gasteiger partial charge in [-0.2, -0.15) is 0 Å². The van der Waals surface area contributed by atoms with E-state index in [1.54, 1.807) is 0 Å². The molecule has 0 radical (unpaired) electrons. The normalized spacial score (nSPS) is 13.9. The van der Waals surface area contributed by atoms with Gasteiger partial charge in [-0.25, -0.2) is 0 Å². The zero-order valence-corrected chi connectivity index (χ0v) is 6.99. The molecule has 0 aliphatic heterocycles. The largest absolute Gasteiger partial charge is 0.394 e. The van der Waals surface area contributed by atoms with Gasteiger partial charge in [-0.05, 0) is 13.8 Å². The summed E-state index contributed by atoms with van der Waals surface area (Å²) in [4.78, 5) is 0. The number of ether oxygens (including phenoxy) is 2. The third-order valence-electron chi connectivity index (χ3n) is 0.974. The zero-order valence-electron chi connectivity index (χ0n) is 6.99. The Kier molecular flexibility index (Phi) is 6.45. The summed E-state index contributed by atoms with van der Waals surface area (Å²) in [6.45, 7) is 3.95. The monoisotopic (exact) mass is 164 g/mol. The molecule has 0 aromatic rings. The average Bonchev–Trinajstić information content (AvgIpc) is 1.97. The standard InChI is InChI=1S/C7H16O4/c1-6(2)11-5-7(9)10-4-3-8/h6-9H,3-5H2,1-2H3. The fourth-order valence-electron chi connectivity index (χ4n) is 0.512. The summed E-state index contributed by atoms with van der Waals surface area (Å²) in [5.41, 5.74) is 0. The van der Waals surface area contributed by atoms with E-state index in [4.69, 9.17) is 19.7 Å². The maximum absolute atomic E-state index is 8.97. The minimum atomic E-state index is -0.926. The van der Waals surface area contributed by atoms with Gasteiger partial charge in [0.15, 0.2) is 6.29 Å². The van der Waals surface area contributed by atoms with E-state index >= 15 is 0 Å². The Labute approximate surface area is 66.7 Å². The highest BCUT2D eigenvalue weighted by atomic mass is 16.6. The number of aliphatic hydroxyl groups excluding tert-OH is 2. The van der Waals surface area contributed by atoms with Gasteiger partial charge in [0.2, 0.25) is 0 Å².